The number of hydrogen-bond donors (Lipinski definition) is 2. The first-order chi connectivity index (χ1) is 12.1. The number of aryl methyl sites for hydroxylation is 1. The standard InChI is InChI=1S/C19H20N2O4/c1-13-3-2-4-14(9-13)10-18(22)20-12-19(23)21-15-5-6-16-17(11-15)25-8-7-24-16/h2-6,9,11H,7-8,10,12H2,1H3,(H,20,22)(H,21,23). The van der Waals surface area contributed by atoms with Crippen LogP contribution in [0.25, 0.3) is 0 Å². The van der Waals surface area contributed by atoms with E-state index in [0.29, 0.717) is 30.4 Å². The van der Waals surface area contributed by atoms with Gasteiger partial charge >= 0.3 is 0 Å². The molecule has 0 saturated heterocycles. The molecule has 6 heteroatoms. The van der Waals surface area contributed by atoms with Gasteiger partial charge in [-0.25, -0.2) is 0 Å². The van der Waals surface area contributed by atoms with Gasteiger partial charge in [-0.3, -0.25) is 9.59 Å². The number of benzene rings is 2. The summed E-state index contributed by atoms with van der Waals surface area (Å²) in [5.41, 5.74) is 2.62. The molecule has 3 rings (SSSR count). The fourth-order valence-electron chi connectivity index (χ4n) is 2.58. The predicted octanol–water partition coefficient (Wildman–Crippen LogP) is 2.06. The fourth-order valence-corrected chi connectivity index (χ4v) is 2.58. The van der Waals surface area contributed by atoms with Crippen LogP contribution in [0.5, 0.6) is 11.5 Å². The van der Waals surface area contributed by atoms with Crippen molar-refractivity contribution in [1.82, 2.24) is 5.32 Å². The summed E-state index contributed by atoms with van der Waals surface area (Å²) in [4.78, 5) is 23.9. The van der Waals surface area contributed by atoms with Gasteiger partial charge in [0.15, 0.2) is 11.5 Å². The van der Waals surface area contributed by atoms with Crippen LogP contribution in [0.2, 0.25) is 0 Å². The molecular weight excluding hydrogens is 320 g/mol. The molecule has 1 heterocycles. The third-order valence-corrected chi connectivity index (χ3v) is 3.72. The minimum absolute atomic E-state index is 0.0842. The highest BCUT2D eigenvalue weighted by molar-refractivity contribution is 5.95. The molecule has 1 aliphatic rings. The van der Waals surface area contributed by atoms with Crippen molar-refractivity contribution in [2.45, 2.75) is 13.3 Å². The second kappa shape index (κ2) is 7.70. The first kappa shape index (κ1) is 16.8. The first-order valence-electron chi connectivity index (χ1n) is 8.12. The van der Waals surface area contributed by atoms with Crippen molar-refractivity contribution in [3.05, 3.63) is 53.6 Å². The summed E-state index contributed by atoms with van der Waals surface area (Å²) >= 11 is 0. The predicted molar refractivity (Wildman–Crippen MR) is 94.0 cm³/mol. The highest BCUT2D eigenvalue weighted by atomic mass is 16.6. The molecule has 2 aromatic rings. The van der Waals surface area contributed by atoms with Crippen molar-refractivity contribution in [3.8, 4) is 11.5 Å². The summed E-state index contributed by atoms with van der Waals surface area (Å²) in [6, 6.07) is 12.9. The lowest BCUT2D eigenvalue weighted by Crippen LogP contribution is -2.33. The molecule has 130 valence electrons. The van der Waals surface area contributed by atoms with E-state index in [1.807, 2.05) is 31.2 Å². The van der Waals surface area contributed by atoms with Gasteiger partial charge in [-0.05, 0) is 24.6 Å². The van der Waals surface area contributed by atoms with Gasteiger partial charge in [0.2, 0.25) is 11.8 Å². The molecule has 0 aliphatic carbocycles. The van der Waals surface area contributed by atoms with Crippen LogP contribution in [-0.4, -0.2) is 31.6 Å². The number of carbonyl (C=O) groups excluding carboxylic acids is 2. The van der Waals surface area contributed by atoms with Crippen LogP contribution < -0.4 is 20.1 Å². The van der Waals surface area contributed by atoms with Gasteiger partial charge in [0, 0.05) is 11.8 Å². The molecule has 25 heavy (non-hydrogen) atoms. The highest BCUT2D eigenvalue weighted by Gasteiger charge is 2.13. The summed E-state index contributed by atoms with van der Waals surface area (Å²) in [5, 5.41) is 5.36. The third kappa shape index (κ3) is 4.73. The minimum atomic E-state index is -0.297. The van der Waals surface area contributed by atoms with Gasteiger partial charge in [-0.2, -0.15) is 0 Å². The van der Waals surface area contributed by atoms with Gasteiger partial charge in [-0.1, -0.05) is 29.8 Å². The fraction of sp³-hybridized carbons (Fsp3) is 0.263. The van der Waals surface area contributed by atoms with Crippen LogP contribution in [0.1, 0.15) is 11.1 Å². The van der Waals surface area contributed by atoms with Crippen LogP contribution in [-0.2, 0) is 16.0 Å². The van der Waals surface area contributed by atoms with Crippen LogP contribution in [0.3, 0.4) is 0 Å². The van der Waals surface area contributed by atoms with Crippen LogP contribution in [0, 0.1) is 6.92 Å². The molecule has 0 atom stereocenters. The lowest BCUT2D eigenvalue weighted by molar-refractivity contribution is -0.123. The number of carbonyl (C=O) groups is 2. The second-order valence-electron chi connectivity index (χ2n) is 5.85. The zero-order valence-corrected chi connectivity index (χ0v) is 14.0. The number of amides is 2. The molecule has 2 N–H and O–H groups in total. The first-order valence-corrected chi connectivity index (χ1v) is 8.12. The number of hydrogen-bond acceptors (Lipinski definition) is 4. The average molecular weight is 340 g/mol. The average Bonchev–Trinajstić information content (AvgIpc) is 2.60. The summed E-state index contributed by atoms with van der Waals surface area (Å²) in [7, 11) is 0. The molecule has 0 radical (unpaired) electrons. The zero-order valence-electron chi connectivity index (χ0n) is 14.0. The van der Waals surface area contributed by atoms with Crippen molar-refractivity contribution >= 4 is 17.5 Å². The Hall–Kier alpha value is -3.02. The smallest absolute Gasteiger partial charge is 0.243 e. The zero-order chi connectivity index (χ0) is 17.6. The molecule has 0 bridgehead atoms. The Balaban J connectivity index is 1.48. The molecule has 0 aromatic heterocycles. The van der Waals surface area contributed by atoms with Crippen LogP contribution in [0.15, 0.2) is 42.5 Å². The van der Waals surface area contributed by atoms with E-state index in [1.54, 1.807) is 18.2 Å². The minimum Gasteiger partial charge on any atom is -0.486 e. The molecule has 0 spiro atoms. The maximum absolute atomic E-state index is 12.0. The maximum atomic E-state index is 12.0. The van der Waals surface area contributed by atoms with Crippen LogP contribution >= 0.6 is 0 Å². The Morgan fingerprint density at radius 2 is 1.80 bits per heavy atom. The third-order valence-electron chi connectivity index (χ3n) is 3.72. The van der Waals surface area contributed by atoms with E-state index in [0.717, 1.165) is 11.1 Å². The normalized spacial score (nSPS) is 12.4. The molecule has 1 aliphatic heterocycles. The Labute approximate surface area is 146 Å². The van der Waals surface area contributed by atoms with E-state index in [4.69, 9.17) is 9.47 Å². The van der Waals surface area contributed by atoms with E-state index in [9.17, 15) is 9.59 Å². The van der Waals surface area contributed by atoms with Gasteiger partial charge in [-0.15, -0.1) is 0 Å². The van der Waals surface area contributed by atoms with Crippen molar-refractivity contribution in [2.75, 3.05) is 25.1 Å². The number of ether oxygens (including phenoxy) is 2. The SMILES string of the molecule is Cc1cccc(CC(=O)NCC(=O)Nc2ccc3c(c2)OCCO3)c1. The summed E-state index contributed by atoms with van der Waals surface area (Å²) in [5.74, 6) is 0.778. The Morgan fingerprint density at radius 1 is 1.00 bits per heavy atom. The van der Waals surface area contributed by atoms with E-state index in [1.165, 1.54) is 0 Å². The molecule has 0 saturated carbocycles. The quantitative estimate of drug-likeness (QED) is 0.873. The highest BCUT2D eigenvalue weighted by Crippen LogP contribution is 2.32. The van der Waals surface area contributed by atoms with E-state index >= 15 is 0 Å². The summed E-state index contributed by atoms with van der Waals surface area (Å²) in [6.07, 6.45) is 0.249. The summed E-state index contributed by atoms with van der Waals surface area (Å²) < 4.78 is 10.9. The second-order valence-corrected chi connectivity index (χ2v) is 5.85. The van der Waals surface area contributed by atoms with E-state index in [-0.39, 0.29) is 24.8 Å². The van der Waals surface area contributed by atoms with Crippen LogP contribution in [0.4, 0.5) is 5.69 Å². The molecule has 0 unspecified atom stereocenters. The molecule has 2 aromatic carbocycles. The monoisotopic (exact) mass is 340 g/mol. The van der Waals surface area contributed by atoms with Crippen molar-refractivity contribution in [3.63, 3.8) is 0 Å². The Kier molecular flexibility index (Phi) is 5.18. The van der Waals surface area contributed by atoms with Crippen molar-refractivity contribution in [2.24, 2.45) is 0 Å². The van der Waals surface area contributed by atoms with Gasteiger partial charge in [0.1, 0.15) is 13.2 Å². The van der Waals surface area contributed by atoms with Gasteiger partial charge < -0.3 is 20.1 Å². The van der Waals surface area contributed by atoms with E-state index < -0.39 is 0 Å². The van der Waals surface area contributed by atoms with Gasteiger partial charge in [0.25, 0.3) is 0 Å². The number of nitrogens with one attached hydrogen (secondary N) is 2. The lowest BCUT2D eigenvalue weighted by atomic mass is 10.1. The molecule has 2 amide bonds. The topological polar surface area (TPSA) is 76.7 Å². The van der Waals surface area contributed by atoms with Gasteiger partial charge in [0.05, 0.1) is 13.0 Å². The Morgan fingerprint density at radius 3 is 2.60 bits per heavy atom. The van der Waals surface area contributed by atoms with Crippen molar-refractivity contribution in [1.29, 1.82) is 0 Å². The number of rotatable bonds is 5. The molecule has 0 fully saturated rings. The Bertz CT molecular complexity index is 789. The number of fused-ring (bicyclic) bond motifs is 1. The van der Waals surface area contributed by atoms with Crippen molar-refractivity contribution < 1.29 is 19.1 Å². The lowest BCUT2D eigenvalue weighted by Gasteiger charge is -2.19. The van der Waals surface area contributed by atoms with E-state index in [2.05, 4.69) is 10.6 Å². The molecular formula is C19H20N2O4. The number of anilines is 1. The maximum Gasteiger partial charge on any atom is 0.243 e. The summed E-state index contributed by atoms with van der Waals surface area (Å²) in [6.45, 7) is 2.90. The largest absolute Gasteiger partial charge is 0.486 e. The molecule has 6 nitrogen and oxygen atoms in total.